The van der Waals surface area contributed by atoms with E-state index >= 15 is 0 Å². The molecule has 1 fully saturated rings. The van der Waals surface area contributed by atoms with Crippen molar-refractivity contribution < 1.29 is 0 Å². The summed E-state index contributed by atoms with van der Waals surface area (Å²) in [7, 11) is 0. The first-order chi connectivity index (χ1) is 7.66. The molecule has 1 unspecified atom stereocenters. The van der Waals surface area contributed by atoms with Gasteiger partial charge >= 0.3 is 0 Å². The lowest BCUT2D eigenvalue weighted by Crippen LogP contribution is -2.13. The number of alkyl halides is 1. The van der Waals surface area contributed by atoms with Crippen molar-refractivity contribution in [1.29, 1.82) is 0 Å². The van der Waals surface area contributed by atoms with Gasteiger partial charge in [0, 0.05) is 4.83 Å². The Morgan fingerprint density at radius 3 is 2.50 bits per heavy atom. The molecule has 2 rings (SSSR count). The molecule has 1 aromatic carbocycles. The molecule has 1 aromatic rings. The van der Waals surface area contributed by atoms with Crippen LogP contribution in [0.3, 0.4) is 0 Å². The van der Waals surface area contributed by atoms with Crippen LogP contribution in [-0.2, 0) is 6.42 Å². The topological polar surface area (TPSA) is 0 Å². The minimum Gasteiger partial charge on any atom is -0.0884 e. The molecule has 1 aliphatic rings. The molecule has 88 valence electrons. The van der Waals surface area contributed by atoms with Gasteiger partial charge in [0.1, 0.15) is 0 Å². The van der Waals surface area contributed by atoms with E-state index in [0.717, 1.165) is 12.3 Å². The van der Waals surface area contributed by atoms with Crippen molar-refractivity contribution in [1.82, 2.24) is 0 Å². The highest BCUT2D eigenvalue weighted by atomic mass is 79.9. The predicted octanol–water partition coefficient (Wildman–Crippen LogP) is 5.49. The summed E-state index contributed by atoms with van der Waals surface area (Å²) < 4.78 is 0. The van der Waals surface area contributed by atoms with E-state index in [0.29, 0.717) is 14.9 Å². The van der Waals surface area contributed by atoms with Gasteiger partial charge in [-0.2, -0.15) is 0 Å². The van der Waals surface area contributed by atoms with Crippen molar-refractivity contribution in [2.75, 3.05) is 0 Å². The van der Waals surface area contributed by atoms with Crippen LogP contribution in [0, 0.1) is 5.92 Å². The average Bonchev–Trinajstić information content (AvgIpc) is 2.77. The molecule has 0 nitrogen and oxygen atoms in total. The molecular formula is C13H15BrCl2. The van der Waals surface area contributed by atoms with Crippen molar-refractivity contribution in [3.8, 4) is 0 Å². The Hall–Kier alpha value is 0.280. The second-order valence-electron chi connectivity index (χ2n) is 4.51. The zero-order valence-corrected chi connectivity index (χ0v) is 12.2. The number of hydrogen-bond acceptors (Lipinski definition) is 0. The number of hydrogen-bond donors (Lipinski definition) is 0. The molecule has 0 aromatic heterocycles. The molecule has 3 heteroatoms. The highest BCUT2D eigenvalue weighted by molar-refractivity contribution is 9.09. The highest BCUT2D eigenvalue weighted by Crippen LogP contribution is 2.33. The quantitative estimate of drug-likeness (QED) is 0.646. The van der Waals surface area contributed by atoms with Crippen molar-refractivity contribution >= 4 is 39.1 Å². The van der Waals surface area contributed by atoms with E-state index in [9.17, 15) is 0 Å². The van der Waals surface area contributed by atoms with Gasteiger partial charge in [-0.3, -0.25) is 0 Å². The second-order valence-corrected chi connectivity index (χ2v) is 6.50. The zero-order chi connectivity index (χ0) is 11.5. The molecule has 1 saturated carbocycles. The first kappa shape index (κ1) is 12.7. The summed E-state index contributed by atoms with van der Waals surface area (Å²) in [4.78, 5) is 0.576. The van der Waals surface area contributed by atoms with Crippen LogP contribution >= 0.6 is 39.1 Å². The van der Waals surface area contributed by atoms with Crippen LogP contribution in [0.5, 0.6) is 0 Å². The maximum absolute atomic E-state index is 6.01. The molecule has 0 spiro atoms. The third-order valence-corrected chi connectivity index (χ3v) is 5.14. The van der Waals surface area contributed by atoms with Gasteiger partial charge in [-0.25, -0.2) is 0 Å². The first-order valence-corrected chi connectivity index (χ1v) is 7.42. The number of benzene rings is 1. The van der Waals surface area contributed by atoms with Crippen LogP contribution in [0.25, 0.3) is 0 Å². The smallest absolute Gasteiger partial charge is 0.0595 e. The fraction of sp³-hybridized carbons (Fsp3) is 0.538. The standard InChI is InChI=1S/C13H15BrCl2/c14-11(10-3-1-2-4-10)7-9-5-6-12(15)13(16)8-9/h5-6,8,10-11H,1-4,7H2. The van der Waals surface area contributed by atoms with Crippen molar-refractivity contribution in [3.05, 3.63) is 33.8 Å². The summed E-state index contributed by atoms with van der Waals surface area (Å²) in [5.41, 5.74) is 1.27. The minimum atomic E-state index is 0.576. The van der Waals surface area contributed by atoms with E-state index in [1.165, 1.54) is 31.2 Å². The van der Waals surface area contributed by atoms with E-state index in [1.54, 1.807) is 0 Å². The van der Waals surface area contributed by atoms with Crippen LogP contribution in [0.4, 0.5) is 0 Å². The Balaban J connectivity index is 1.99. The maximum atomic E-state index is 6.01. The van der Waals surface area contributed by atoms with Gasteiger partial charge in [-0.15, -0.1) is 0 Å². The van der Waals surface area contributed by atoms with Gasteiger partial charge in [0.25, 0.3) is 0 Å². The third kappa shape index (κ3) is 3.15. The normalized spacial score (nSPS) is 18.9. The molecular weight excluding hydrogens is 307 g/mol. The van der Waals surface area contributed by atoms with Crippen molar-refractivity contribution in [2.45, 2.75) is 36.9 Å². The van der Waals surface area contributed by atoms with E-state index in [1.807, 2.05) is 12.1 Å². The van der Waals surface area contributed by atoms with Crippen LogP contribution in [0.2, 0.25) is 10.0 Å². The predicted molar refractivity (Wildman–Crippen MR) is 74.8 cm³/mol. The second kappa shape index (κ2) is 5.75. The first-order valence-electron chi connectivity index (χ1n) is 5.75. The summed E-state index contributed by atoms with van der Waals surface area (Å²) in [5, 5.41) is 1.29. The van der Waals surface area contributed by atoms with Gasteiger partial charge in [-0.05, 0) is 42.9 Å². The SMILES string of the molecule is Clc1ccc(CC(Br)C2CCCC2)cc1Cl. The van der Waals surface area contributed by atoms with Gasteiger partial charge in [-0.1, -0.05) is 58.0 Å². The van der Waals surface area contributed by atoms with Crippen LogP contribution in [-0.4, -0.2) is 4.83 Å². The molecule has 16 heavy (non-hydrogen) atoms. The molecule has 0 saturated heterocycles. The van der Waals surface area contributed by atoms with Gasteiger partial charge in [0.15, 0.2) is 0 Å². The summed E-state index contributed by atoms with van der Waals surface area (Å²) in [6.45, 7) is 0. The lowest BCUT2D eigenvalue weighted by atomic mass is 9.98. The Morgan fingerprint density at radius 1 is 1.19 bits per heavy atom. The molecule has 0 heterocycles. The lowest BCUT2D eigenvalue weighted by Gasteiger charge is -2.17. The van der Waals surface area contributed by atoms with Gasteiger partial charge < -0.3 is 0 Å². The lowest BCUT2D eigenvalue weighted by molar-refractivity contribution is 0.525. The number of rotatable bonds is 3. The molecule has 0 amide bonds. The fourth-order valence-corrected chi connectivity index (χ4v) is 3.60. The molecule has 0 radical (unpaired) electrons. The van der Waals surface area contributed by atoms with Gasteiger partial charge in [0.05, 0.1) is 10.0 Å². The van der Waals surface area contributed by atoms with E-state index in [2.05, 4.69) is 22.0 Å². The zero-order valence-electron chi connectivity index (χ0n) is 9.06. The van der Waals surface area contributed by atoms with Crippen LogP contribution in [0.15, 0.2) is 18.2 Å². The summed E-state index contributed by atoms with van der Waals surface area (Å²) in [5.74, 6) is 0.828. The van der Waals surface area contributed by atoms with Gasteiger partial charge in [0.2, 0.25) is 0 Å². The summed E-state index contributed by atoms with van der Waals surface area (Å²) >= 11 is 15.7. The van der Waals surface area contributed by atoms with Crippen LogP contribution < -0.4 is 0 Å². The summed E-state index contributed by atoms with van der Waals surface area (Å²) in [6, 6.07) is 5.93. The highest BCUT2D eigenvalue weighted by Gasteiger charge is 2.22. The fourth-order valence-electron chi connectivity index (χ4n) is 2.38. The monoisotopic (exact) mass is 320 g/mol. The minimum absolute atomic E-state index is 0.576. The molecule has 1 atom stereocenters. The Morgan fingerprint density at radius 2 is 1.88 bits per heavy atom. The van der Waals surface area contributed by atoms with E-state index < -0.39 is 0 Å². The molecule has 0 aliphatic heterocycles. The molecule has 0 bridgehead atoms. The average molecular weight is 322 g/mol. The largest absolute Gasteiger partial charge is 0.0884 e. The molecule has 0 N–H and O–H groups in total. The Bertz CT molecular complexity index is 359. The maximum Gasteiger partial charge on any atom is 0.0595 e. The Kier molecular flexibility index (Phi) is 4.57. The summed E-state index contributed by atoms with van der Waals surface area (Å²) in [6.07, 6.45) is 6.53. The number of halogens is 3. The van der Waals surface area contributed by atoms with Crippen molar-refractivity contribution in [3.63, 3.8) is 0 Å². The van der Waals surface area contributed by atoms with Crippen molar-refractivity contribution in [2.24, 2.45) is 5.92 Å². The van der Waals surface area contributed by atoms with E-state index in [-0.39, 0.29) is 0 Å². The third-order valence-electron chi connectivity index (χ3n) is 3.33. The van der Waals surface area contributed by atoms with E-state index in [4.69, 9.17) is 23.2 Å². The van der Waals surface area contributed by atoms with Crippen LogP contribution in [0.1, 0.15) is 31.2 Å². The molecule has 1 aliphatic carbocycles. The Labute approximate surface area is 115 Å².